The largest absolute Gasteiger partial charge is 0.269 e. The Balaban J connectivity index is 4.05. The summed E-state index contributed by atoms with van der Waals surface area (Å²) in [6, 6.07) is 0. The molecule has 0 unspecified atom stereocenters. The van der Waals surface area contributed by atoms with Crippen molar-refractivity contribution in [2.45, 2.75) is 52.4 Å². The molecule has 2 heteroatoms. The van der Waals surface area contributed by atoms with Gasteiger partial charge in [0.25, 0.3) is 0 Å². The van der Waals surface area contributed by atoms with Crippen molar-refractivity contribution < 1.29 is 0 Å². The SMILES string of the molecule is CC=N/C=C/C(=C\CCSC)CCCCCC. The smallest absolute Gasteiger partial charge is 0.0266 e. The molecule has 0 saturated carbocycles. The monoisotopic (exact) mass is 253 g/mol. The van der Waals surface area contributed by atoms with E-state index in [4.69, 9.17) is 0 Å². The average molecular weight is 253 g/mol. The third kappa shape index (κ3) is 11.8. The molecule has 0 aliphatic heterocycles. The highest BCUT2D eigenvalue weighted by Gasteiger charge is 1.94. The van der Waals surface area contributed by atoms with Crippen LogP contribution in [0.15, 0.2) is 28.9 Å². The fourth-order valence-corrected chi connectivity index (χ4v) is 1.95. The molecule has 0 aliphatic rings. The van der Waals surface area contributed by atoms with E-state index in [0.717, 1.165) is 0 Å². The average Bonchev–Trinajstić information content (AvgIpc) is 2.34. The van der Waals surface area contributed by atoms with Gasteiger partial charge in [0.15, 0.2) is 0 Å². The number of nitrogens with zero attached hydrogens (tertiary/aromatic N) is 1. The molecule has 0 rings (SSSR count). The van der Waals surface area contributed by atoms with Crippen LogP contribution in [0.2, 0.25) is 0 Å². The van der Waals surface area contributed by atoms with Gasteiger partial charge in [0.1, 0.15) is 0 Å². The second-order valence-electron chi connectivity index (χ2n) is 4.09. The van der Waals surface area contributed by atoms with Crippen LogP contribution in [-0.4, -0.2) is 18.2 Å². The van der Waals surface area contributed by atoms with Crippen molar-refractivity contribution in [3.63, 3.8) is 0 Å². The maximum atomic E-state index is 4.13. The van der Waals surface area contributed by atoms with Crippen LogP contribution in [0.5, 0.6) is 0 Å². The van der Waals surface area contributed by atoms with E-state index < -0.39 is 0 Å². The molecule has 0 aromatic rings. The normalized spacial score (nSPS) is 13.0. The van der Waals surface area contributed by atoms with Gasteiger partial charge in [-0.05, 0) is 44.3 Å². The first kappa shape index (κ1) is 16.5. The van der Waals surface area contributed by atoms with Crippen LogP contribution in [0.4, 0.5) is 0 Å². The Bertz CT molecular complexity index is 241. The minimum Gasteiger partial charge on any atom is -0.269 e. The molecule has 0 heterocycles. The zero-order valence-corrected chi connectivity index (χ0v) is 12.4. The minimum absolute atomic E-state index is 1.17. The molecule has 0 atom stereocenters. The number of aliphatic imine (C=N–C) groups is 1. The van der Waals surface area contributed by atoms with E-state index >= 15 is 0 Å². The van der Waals surface area contributed by atoms with Crippen LogP contribution < -0.4 is 0 Å². The molecule has 0 fully saturated rings. The van der Waals surface area contributed by atoms with Crippen LogP contribution in [0.1, 0.15) is 52.4 Å². The number of unbranched alkanes of at least 4 members (excludes halogenated alkanes) is 3. The third-order valence-corrected chi connectivity index (χ3v) is 3.22. The van der Waals surface area contributed by atoms with E-state index in [1.54, 1.807) is 0 Å². The van der Waals surface area contributed by atoms with Crippen LogP contribution >= 0.6 is 11.8 Å². The zero-order valence-electron chi connectivity index (χ0n) is 11.6. The second-order valence-corrected chi connectivity index (χ2v) is 5.08. The van der Waals surface area contributed by atoms with Crippen molar-refractivity contribution in [2.24, 2.45) is 4.99 Å². The molecule has 98 valence electrons. The molecule has 0 saturated heterocycles. The predicted molar refractivity (Wildman–Crippen MR) is 83.1 cm³/mol. The summed E-state index contributed by atoms with van der Waals surface area (Å²) >= 11 is 1.91. The molecule has 1 nitrogen and oxygen atoms in total. The van der Waals surface area contributed by atoms with E-state index in [1.165, 1.54) is 49.9 Å². The van der Waals surface area contributed by atoms with Crippen LogP contribution in [-0.2, 0) is 0 Å². The van der Waals surface area contributed by atoms with Gasteiger partial charge >= 0.3 is 0 Å². The lowest BCUT2D eigenvalue weighted by molar-refractivity contribution is 0.667. The molecule has 0 aliphatic carbocycles. The minimum atomic E-state index is 1.17. The fourth-order valence-electron chi connectivity index (χ4n) is 1.60. The van der Waals surface area contributed by atoms with E-state index in [2.05, 4.69) is 30.3 Å². The van der Waals surface area contributed by atoms with Crippen molar-refractivity contribution in [3.8, 4) is 0 Å². The number of rotatable bonds is 10. The molecule has 0 spiro atoms. The van der Waals surface area contributed by atoms with E-state index in [1.807, 2.05) is 31.1 Å². The summed E-state index contributed by atoms with van der Waals surface area (Å²) in [5, 5.41) is 0. The van der Waals surface area contributed by atoms with Gasteiger partial charge in [0, 0.05) is 12.4 Å². The molecule has 0 amide bonds. The number of hydrogen-bond acceptors (Lipinski definition) is 2. The van der Waals surface area contributed by atoms with Crippen molar-refractivity contribution in [1.82, 2.24) is 0 Å². The van der Waals surface area contributed by atoms with E-state index in [0.29, 0.717) is 0 Å². The van der Waals surface area contributed by atoms with E-state index in [-0.39, 0.29) is 0 Å². The molecule has 0 aromatic heterocycles. The Hall–Kier alpha value is -0.500. The Labute approximate surface area is 111 Å². The summed E-state index contributed by atoms with van der Waals surface area (Å²) in [7, 11) is 0. The maximum Gasteiger partial charge on any atom is 0.0266 e. The van der Waals surface area contributed by atoms with Crippen molar-refractivity contribution in [3.05, 3.63) is 23.9 Å². The van der Waals surface area contributed by atoms with E-state index in [9.17, 15) is 0 Å². The summed E-state index contributed by atoms with van der Waals surface area (Å²) in [6.45, 7) is 4.20. The number of thioether (sulfide) groups is 1. The Morgan fingerprint density at radius 3 is 2.71 bits per heavy atom. The lowest BCUT2D eigenvalue weighted by Gasteiger charge is -2.02. The second kappa shape index (κ2) is 13.6. The predicted octanol–water partition coefficient (Wildman–Crippen LogP) is 5.24. The zero-order chi connectivity index (χ0) is 12.8. The first-order valence-electron chi connectivity index (χ1n) is 6.67. The topological polar surface area (TPSA) is 12.4 Å². The summed E-state index contributed by atoms with van der Waals surface area (Å²) in [4.78, 5) is 4.13. The molecule has 0 aromatic carbocycles. The lowest BCUT2D eigenvalue weighted by atomic mass is 10.1. The van der Waals surface area contributed by atoms with Gasteiger partial charge in [-0.3, -0.25) is 4.99 Å². The molecular formula is C15H27NS. The highest BCUT2D eigenvalue weighted by atomic mass is 32.2. The van der Waals surface area contributed by atoms with Gasteiger partial charge in [-0.25, -0.2) is 0 Å². The van der Waals surface area contributed by atoms with Crippen LogP contribution in [0.25, 0.3) is 0 Å². The van der Waals surface area contributed by atoms with Gasteiger partial charge in [0.05, 0.1) is 0 Å². The van der Waals surface area contributed by atoms with Gasteiger partial charge in [-0.15, -0.1) is 0 Å². The summed E-state index contributed by atoms with van der Waals surface area (Å²) in [5.41, 5.74) is 1.45. The summed E-state index contributed by atoms with van der Waals surface area (Å²) in [6.07, 6.45) is 18.1. The standard InChI is InChI=1S/C15H27NS/c1-4-6-7-8-10-15(11-9-14-17-3)12-13-16-5-2/h5,11-13H,4,6-10,14H2,1-3H3/b13-12+,15-11-,16-5?. The third-order valence-electron chi connectivity index (χ3n) is 2.57. The van der Waals surface area contributed by atoms with Gasteiger partial charge < -0.3 is 0 Å². The van der Waals surface area contributed by atoms with Crippen LogP contribution in [0, 0.1) is 0 Å². The van der Waals surface area contributed by atoms with Gasteiger partial charge in [-0.1, -0.05) is 37.8 Å². The number of hydrogen-bond donors (Lipinski definition) is 0. The summed E-state index contributed by atoms with van der Waals surface area (Å²) < 4.78 is 0. The Morgan fingerprint density at radius 1 is 1.24 bits per heavy atom. The highest BCUT2D eigenvalue weighted by molar-refractivity contribution is 7.98. The van der Waals surface area contributed by atoms with Gasteiger partial charge in [0.2, 0.25) is 0 Å². The highest BCUT2D eigenvalue weighted by Crippen LogP contribution is 2.13. The van der Waals surface area contributed by atoms with Crippen molar-refractivity contribution in [1.29, 1.82) is 0 Å². The first-order valence-corrected chi connectivity index (χ1v) is 8.06. The molecule has 0 radical (unpaired) electrons. The van der Waals surface area contributed by atoms with Gasteiger partial charge in [-0.2, -0.15) is 11.8 Å². The number of allylic oxidation sites excluding steroid dienone is 3. The maximum absolute atomic E-state index is 4.13. The quantitative estimate of drug-likeness (QED) is 0.294. The molecular weight excluding hydrogens is 226 g/mol. The van der Waals surface area contributed by atoms with Crippen molar-refractivity contribution in [2.75, 3.05) is 12.0 Å². The van der Waals surface area contributed by atoms with Crippen LogP contribution in [0.3, 0.4) is 0 Å². The molecule has 17 heavy (non-hydrogen) atoms. The Morgan fingerprint density at radius 2 is 2.06 bits per heavy atom. The molecule has 0 N–H and O–H groups in total. The lowest BCUT2D eigenvalue weighted by Crippen LogP contribution is -1.83. The molecule has 0 bridgehead atoms. The first-order chi connectivity index (χ1) is 8.35. The Kier molecular flexibility index (Phi) is 13.2. The van der Waals surface area contributed by atoms with Crippen molar-refractivity contribution >= 4 is 18.0 Å². The summed E-state index contributed by atoms with van der Waals surface area (Å²) in [5.74, 6) is 1.21. The fraction of sp³-hybridized carbons (Fsp3) is 0.667.